The molecule has 1 heterocycles. The monoisotopic (exact) mass is 2170 g/mol. The molecular formula is C102H207N5O42. The van der Waals surface area contributed by atoms with Crippen molar-refractivity contribution in [2.75, 3.05) is 13.2 Å². The van der Waals surface area contributed by atoms with E-state index in [1.165, 1.54) is 46.5 Å². The fourth-order valence-electron chi connectivity index (χ4n) is 6.24. The fraction of sp³-hybridized carbons (Fsp3) is 0.804. The topological polar surface area (TPSA) is 903 Å². The van der Waals surface area contributed by atoms with Gasteiger partial charge in [-0.25, -0.2) is 0 Å². The number of aliphatic hydroxyl groups is 2. The Labute approximate surface area is 885 Å². The van der Waals surface area contributed by atoms with Crippen molar-refractivity contribution in [3.8, 4) is 0 Å². The maximum Gasteiger partial charge on any atom is 0.323 e. The van der Waals surface area contributed by atoms with Crippen LogP contribution in [0.1, 0.15) is 428 Å². The maximum absolute atomic E-state index is 10.3. The Bertz CT molecular complexity index is 3310. The molecule has 1 fully saturated rings. The number of rotatable bonds is 44. The molecule has 1 rings (SSSR count). The molecule has 47 heteroatoms. The van der Waals surface area contributed by atoms with Gasteiger partial charge in [0, 0.05) is 44.9 Å². The predicted octanol–water partition coefficient (Wildman–Crippen LogP) is 16.8. The standard InChI is InChI=1S/C8H16O2.C7H14O2.C6H11NO2.C6H12O3.3C6H12O2.2C5H11NO2.4C5H10O2.C4H9NO3.C4H9NO2.4C4H8O2.C3H6O2/c1-2-3-4-5-6-7-8(9)10;1-2-3-4-5-6-7(8)9;1-4-2-3-7-5(4)6(8)9;1-3-6(2,4-7)5(8)9;1-6(2,3)4-5(7)8;1-4-6(2,3)5(7)8;1-2-3-4-5-6(7)8;1-3-5(2,6)4(7)8;1-2-3-4(6)5(7)8;1-5(2,3)4(6)7;1-4(2)3-5(6)7;1-3-4(2)5(6)7;1-2-3-4-5(6)7;1-2(6)3(5)4(7)8;1-2-3(5)4(6)7;3*1-3(2)4(5)6;1-2-3-4(5)6;1-2-3(4)5/h2-7H2,1H3,(H,9,10);2-6H2,1H3,(H,8,9);4-5,7H,2-3H2,1H3,(H,8,9);7H,3-4H2,1-2H3,(H,8,9);2*4H2,1-3H3,(H,7,8);2-5H2,1H3,(H,7,8);3,6H2,1-2H3,(H,7,8);4H,2-3,6H2,1H3,(H,7,8);1-3H3,(H,6,7);2*4H,3H2,1-2H3,(H,6,7);2-4H2,1H3,(H,6,7);2-3,6H,5H2,1H3,(H,7,8);3H,2,5H2,1H3,(H,6,7);3*3H,1-2H3,(H,5,6);2-3H2,1H3,(H,5,6);2H2,1H3,(H,4,5). The summed E-state index contributed by atoms with van der Waals surface area (Å²) in [6, 6.07) is -2.81. The number of carboxylic acid groups (broad SMARTS) is 20. The van der Waals surface area contributed by atoms with Gasteiger partial charge in [-0.1, -0.05) is 244 Å². The largest absolute Gasteiger partial charge is 0.481 e. The minimum absolute atomic E-state index is 0.0775. The van der Waals surface area contributed by atoms with E-state index in [0.717, 1.165) is 96.4 Å². The molecule has 0 aromatic rings. The Kier molecular flexibility index (Phi) is 146. The molecule has 1 saturated heterocycles. The van der Waals surface area contributed by atoms with Gasteiger partial charge in [-0.05, 0) is 156 Å². The van der Waals surface area contributed by atoms with Crippen molar-refractivity contribution in [2.24, 2.45) is 80.1 Å². The summed E-state index contributed by atoms with van der Waals surface area (Å²) in [4.78, 5) is 198. The molecular weight excluding hydrogens is 1970 g/mol. The predicted molar refractivity (Wildman–Crippen MR) is 569 cm³/mol. The third kappa shape index (κ3) is 192. The normalized spacial score (nSPS) is 13.0. The van der Waals surface area contributed by atoms with Gasteiger partial charge in [-0.3, -0.25) is 95.9 Å². The highest BCUT2D eigenvalue weighted by molar-refractivity contribution is 5.78. The molecule has 47 nitrogen and oxygen atoms in total. The molecule has 31 N–H and O–H groups in total. The molecule has 0 saturated carbocycles. The zero-order valence-corrected chi connectivity index (χ0v) is 96.0. The molecule has 1 aliphatic rings. The van der Waals surface area contributed by atoms with Gasteiger partial charge in [0.2, 0.25) is 0 Å². The first-order chi connectivity index (χ1) is 67.4. The molecule has 0 aromatic carbocycles. The van der Waals surface area contributed by atoms with Gasteiger partial charge in [0.15, 0.2) is 0 Å². The quantitative estimate of drug-likeness (QED) is 0.0252. The smallest absolute Gasteiger partial charge is 0.323 e. The SMILES string of the molecule is CC(C)(C)C(=O)O.CC(C)(C)CC(=O)O.CC(C)C(=O)O.CC(C)C(=O)O.CC(C)C(=O)O.CC(C)CC(=O)O.CC(O)C(N)C(=O)O.CC1CCNC1C(=O)O.CCC(=O)O.CCC(C)(C)C(=O)O.CCC(C)(CO)C(=O)O.CCC(C)(N)C(=O)O.CCC(C)C(=O)O.CCC(N)C(=O)O.CCCC(=O)O.CCCC(N)C(=O)O.CCCCC(=O)O.CCCCCC(=O)O.CCCCCCC(=O)O.CCCCCCCC(=O)O. The molecule has 9 atom stereocenters. The van der Waals surface area contributed by atoms with Gasteiger partial charge in [-0.2, -0.15) is 0 Å². The number of carbonyl (C=O) groups is 20. The summed E-state index contributed by atoms with van der Waals surface area (Å²) in [5.74, 6) is -15.9. The van der Waals surface area contributed by atoms with Gasteiger partial charge < -0.3 is 141 Å². The lowest BCUT2D eigenvalue weighted by atomic mass is 9.89. The van der Waals surface area contributed by atoms with Crippen molar-refractivity contribution in [1.82, 2.24) is 5.32 Å². The van der Waals surface area contributed by atoms with Crippen molar-refractivity contribution in [3.63, 3.8) is 0 Å². The van der Waals surface area contributed by atoms with E-state index < -0.39 is 165 Å². The van der Waals surface area contributed by atoms with Crippen LogP contribution >= 0.6 is 0 Å². The minimum Gasteiger partial charge on any atom is -0.481 e. The highest BCUT2D eigenvalue weighted by Gasteiger charge is 2.31. The van der Waals surface area contributed by atoms with Crippen LogP contribution in [0.2, 0.25) is 0 Å². The number of aliphatic hydroxyl groups excluding tert-OH is 2. The van der Waals surface area contributed by atoms with Crippen molar-refractivity contribution in [2.45, 2.75) is 463 Å². The Morgan fingerprint density at radius 3 is 0.732 bits per heavy atom. The van der Waals surface area contributed by atoms with Crippen LogP contribution in [0, 0.1) is 57.2 Å². The summed E-state index contributed by atoms with van der Waals surface area (Å²) in [6.07, 6.45) is 21.8. The molecule has 0 amide bonds. The molecule has 892 valence electrons. The average Bonchev–Trinajstić information content (AvgIpc) is 1.88. The van der Waals surface area contributed by atoms with Crippen LogP contribution in [0.5, 0.6) is 0 Å². The number of hydrogen-bond acceptors (Lipinski definition) is 27. The number of hydrogen-bond donors (Lipinski definition) is 27. The Morgan fingerprint density at radius 2 is 0.651 bits per heavy atom. The van der Waals surface area contributed by atoms with Crippen LogP contribution in [0.25, 0.3) is 0 Å². The highest BCUT2D eigenvalue weighted by Crippen LogP contribution is 2.21. The van der Waals surface area contributed by atoms with Gasteiger partial charge >= 0.3 is 119 Å². The van der Waals surface area contributed by atoms with Crippen molar-refractivity contribution < 1.29 is 208 Å². The van der Waals surface area contributed by atoms with E-state index in [1.807, 2.05) is 76.2 Å². The van der Waals surface area contributed by atoms with Crippen LogP contribution in [-0.2, 0) is 95.9 Å². The molecule has 0 bridgehead atoms. The van der Waals surface area contributed by atoms with Gasteiger partial charge in [0.1, 0.15) is 29.7 Å². The lowest BCUT2D eigenvalue weighted by molar-refractivity contribution is -0.151. The number of nitrogens with one attached hydrogen (secondary N) is 1. The summed E-state index contributed by atoms with van der Waals surface area (Å²) in [7, 11) is 0. The number of aliphatic carboxylic acids is 20. The van der Waals surface area contributed by atoms with Crippen molar-refractivity contribution in [3.05, 3.63) is 0 Å². The Morgan fingerprint density at radius 1 is 0.342 bits per heavy atom. The van der Waals surface area contributed by atoms with Gasteiger partial charge in [-0.15, -0.1) is 0 Å². The first-order valence-corrected chi connectivity index (χ1v) is 50.0. The molecule has 1 aliphatic heterocycles. The van der Waals surface area contributed by atoms with Crippen LogP contribution in [0.4, 0.5) is 0 Å². The maximum atomic E-state index is 10.3. The molecule has 0 spiro atoms. The number of carboxylic acids is 20. The second-order valence-corrected chi connectivity index (χ2v) is 38.0. The molecule has 0 radical (unpaired) electrons. The fourth-order valence-corrected chi connectivity index (χ4v) is 6.24. The van der Waals surface area contributed by atoms with Crippen molar-refractivity contribution >= 4 is 119 Å². The summed E-state index contributed by atoms with van der Waals surface area (Å²) >= 11 is 0. The molecule has 0 aromatic heterocycles. The van der Waals surface area contributed by atoms with Crippen LogP contribution in [0.3, 0.4) is 0 Å². The summed E-state index contributed by atoms with van der Waals surface area (Å²) in [6.45, 7) is 58.9. The Hall–Kier alpha value is -10.9. The van der Waals surface area contributed by atoms with Crippen molar-refractivity contribution in [1.29, 1.82) is 0 Å². The zero-order valence-electron chi connectivity index (χ0n) is 96.0. The van der Waals surface area contributed by atoms with E-state index in [9.17, 15) is 95.9 Å². The second-order valence-electron chi connectivity index (χ2n) is 38.0. The van der Waals surface area contributed by atoms with E-state index in [1.54, 1.807) is 111 Å². The summed E-state index contributed by atoms with van der Waals surface area (Å²) in [5, 5.41) is 183. The van der Waals surface area contributed by atoms with E-state index in [4.69, 9.17) is 135 Å². The van der Waals surface area contributed by atoms with Gasteiger partial charge in [0.25, 0.3) is 0 Å². The third-order valence-corrected chi connectivity index (χ3v) is 18.3. The van der Waals surface area contributed by atoms with Crippen LogP contribution in [0.15, 0.2) is 0 Å². The highest BCUT2D eigenvalue weighted by atomic mass is 16.4. The zero-order chi connectivity index (χ0) is 123. The molecule has 149 heavy (non-hydrogen) atoms. The van der Waals surface area contributed by atoms with Crippen LogP contribution in [-0.4, -0.2) is 281 Å². The first-order valence-electron chi connectivity index (χ1n) is 50.0. The minimum atomic E-state index is -1.18. The van der Waals surface area contributed by atoms with Gasteiger partial charge in [0.05, 0.1) is 59.0 Å². The van der Waals surface area contributed by atoms with E-state index in [0.29, 0.717) is 70.1 Å². The lowest BCUT2D eigenvalue weighted by Crippen LogP contribution is -2.43. The summed E-state index contributed by atoms with van der Waals surface area (Å²) in [5.41, 5.74) is 17.1. The molecule has 9 unspecified atom stereocenters. The second kappa shape index (κ2) is 119. The van der Waals surface area contributed by atoms with Crippen LogP contribution < -0.4 is 28.3 Å². The molecule has 0 aliphatic carbocycles. The number of nitrogens with two attached hydrogens (primary N) is 4. The number of unbranched alkanes of at least 4 members (excludes halogenated alkanes) is 10. The lowest BCUT2D eigenvalue weighted by Gasteiger charge is -2.18. The Balaban J connectivity index is -0.0000000704. The first kappa shape index (κ1) is 183. The summed E-state index contributed by atoms with van der Waals surface area (Å²) < 4.78 is 0. The van der Waals surface area contributed by atoms with E-state index >= 15 is 0 Å². The third-order valence-electron chi connectivity index (χ3n) is 18.3. The average molecular weight is 2180 g/mol. The van der Waals surface area contributed by atoms with E-state index in [-0.39, 0.29) is 66.9 Å². The van der Waals surface area contributed by atoms with E-state index in [2.05, 4.69) is 26.1 Å².